The van der Waals surface area contributed by atoms with Gasteiger partial charge in [-0.2, -0.15) is 0 Å². The van der Waals surface area contributed by atoms with Gasteiger partial charge in [0.25, 0.3) is 0 Å². The molecule has 2 aromatic carbocycles. The van der Waals surface area contributed by atoms with E-state index in [9.17, 15) is 15.3 Å². The molecule has 5 nitrogen and oxygen atoms in total. The average molecular weight is 328 g/mol. The summed E-state index contributed by atoms with van der Waals surface area (Å²) in [7, 11) is 0. The number of aliphatic hydroxyl groups excluding tert-OH is 1. The summed E-state index contributed by atoms with van der Waals surface area (Å²) in [5.74, 6) is -0.361. The molecule has 128 valence electrons. The van der Waals surface area contributed by atoms with E-state index in [1.165, 1.54) is 17.7 Å². The molecule has 1 saturated heterocycles. The third-order valence-corrected chi connectivity index (χ3v) is 4.53. The summed E-state index contributed by atoms with van der Waals surface area (Å²) >= 11 is 0. The number of phenols is 2. The molecule has 1 atom stereocenters. The van der Waals surface area contributed by atoms with Crippen LogP contribution in [0, 0.1) is 0 Å². The molecule has 1 heterocycles. The number of nitrogens with zero attached hydrogens (tertiary/aromatic N) is 2. The average Bonchev–Trinajstić information content (AvgIpc) is 2.60. The fourth-order valence-electron chi connectivity index (χ4n) is 3.07. The second kappa shape index (κ2) is 7.66. The minimum Gasteiger partial charge on any atom is -0.504 e. The van der Waals surface area contributed by atoms with Gasteiger partial charge in [0.15, 0.2) is 11.5 Å². The third kappa shape index (κ3) is 4.26. The lowest BCUT2D eigenvalue weighted by molar-refractivity contribution is 0.0700. The van der Waals surface area contributed by atoms with E-state index in [0.29, 0.717) is 12.1 Å². The number of benzene rings is 2. The third-order valence-electron chi connectivity index (χ3n) is 4.53. The zero-order valence-corrected chi connectivity index (χ0v) is 13.7. The molecule has 1 aliphatic heterocycles. The van der Waals surface area contributed by atoms with Crippen molar-refractivity contribution in [3.63, 3.8) is 0 Å². The quantitative estimate of drug-likeness (QED) is 0.732. The number of rotatable bonds is 5. The molecule has 24 heavy (non-hydrogen) atoms. The van der Waals surface area contributed by atoms with Crippen molar-refractivity contribution in [3.8, 4) is 11.5 Å². The molecule has 3 rings (SSSR count). The molecule has 0 aliphatic carbocycles. The Labute approximate surface area is 142 Å². The van der Waals surface area contributed by atoms with Gasteiger partial charge in [0, 0.05) is 39.3 Å². The normalized spacial score (nSPS) is 17.7. The lowest BCUT2D eigenvalue weighted by Crippen LogP contribution is -2.47. The van der Waals surface area contributed by atoms with Gasteiger partial charge < -0.3 is 15.3 Å². The number of phenolic OH excluding ortho intramolecular Hbond substituents is 2. The molecule has 0 aromatic heterocycles. The molecular weight excluding hydrogens is 304 g/mol. The van der Waals surface area contributed by atoms with Crippen molar-refractivity contribution in [3.05, 3.63) is 59.7 Å². The standard InChI is InChI=1S/C19H24N2O3/c22-17-7-6-16(12-18(17)23)19(24)14-21-10-8-20(9-11-21)13-15-4-2-1-3-5-15/h1-7,12,19,22-24H,8-11,13-14H2. The van der Waals surface area contributed by atoms with Gasteiger partial charge in [0.1, 0.15) is 0 Å². The van der Waals surface area contributed by atoms with Gasteiger partial charge in [-0.15, -0.1) is 0 Å². The Morgan fingerprint density at radius 2 is 1.50 bits per heavy atom. The molecule has 1 unspecified atom stereocenters. The van der Waals surface area contributed by atoms with Crippen molar-refractivity contribution < 1.29 is 15.3 Å². The molecule has 5 heteroatoms. The largest absolute Gasteiger partial charge is 0.504 e. The number of hydrogen-bond donors (Lipinski definition) is 3. The molecule has 3 N–H and O–H groups in total. The fraction of sp³-hybridized carbons (Fsp3) is 0.368. The van der Waals surface area contributed by atoms with Crippen LogP contribution < -0.4 is 0 Å². The van der Waals surface area contributed by atoms with Gasteiger partial charge in [-0.05, 0) is 23.3 Å². The van der Waals surface area contributed by atoms with E-state index in [4.69, 9.17) is 0 Å². The van der Waals surface area contributed by atoms with Crippen molar-refractivity contribution in [1.82, 2.24) is 9.80 Å². The predicted molar refractivity (Wildman–Crippen MR) is 92.9 cm³/mol. The second-order valence-corrected chi connectivity index (χ2v) is 6.33. The summed E-state index contributed by atoms with van der Waals surface area (Å²) in [5.41, 5.74) is 1.95. The first kappa shape index (κ1) is 16.8. The highest BCUT2D eigenvalue weighted by atomic mass is 16.3. The van der Waals surface area contributed by atoms with Crippen LogP contribution in [0.1, 0.15) is 17.2 Å². The van der Waals surface area contributed by atoms with E-state index >= 15 is 0 Å². The zero-order valence-electron chi connectivity index (χ0n) is 13.7. The van der Waals surface area contributed by atoms with Crippen LogP contribution in [0.4, 0.5) is 0 Å². The van der Waals surface area contributed by atoms with Crippen LogP contribution in [0.25, 0.3) is 0 Å². The van der Waals surface area contributed by atoms with E-state index < -0.39 is 6.10 Å². The molecule has 0 saturated carbocycles. The van der Waals surface area contributed by atoms with Crippen LogP contribution >= 0.6 is 0 Å². The lowest BCUT2D eigenvalue weighted by atomic mass is 10.1. The van der Waals surface area contributed by atoms with Gasteiger partial charge in [-0.25, -0.2) is 0 Å². The highest BCUT2D eigenvalue weighted by molar-refractivity contribution is 5.41. The van der Waals surface area contributed by atoms with E-state index in [1.54, 1.807) is 6.07 Å². The summed E-state index contributed by atoms with van der Waals surface area (Å²) in [6.45, 7) is 5.26. The van der Waals surface area contributed by atoms with Crippen LogP contribution in [-0.2, 0) is 6.54 Å². The highest BCUT2D eigenvalue weighted by Gasteiger charge is 2.20. The maximum atomic E-state index is 10.3. The minimum atomic E-state index is -0.669. The predicted octanol–water partition coefficient (Wildman–Crippen LogP) is 1.95. The monoisotopic (exact) mass is 328 g/mol. The van der Waals surface area contributed by atoms with Crippen LogP contribution in [0.3, 0.4) is 0 Å². The Bertz CT molecular complexity index is 655. The Kier molecular flexibility index (Phi) is 5.35. The number of β-amino-alcohol motifs (C(OH)–C–C–N with tert-alkyl or cyclic N) is 1. The topological polar surface area (TPSA) is 67.2 Å². The van der Waals surface area contributed by atoms with E-state index in [0.717, 1.165) is 32.7 Å². The Morgan fingerprint density at radius 3 is 2.17 bits per heavy atom. The van der Waals surface area contributed by atoms with Gasteiger partial charge in [-0.1, -0.05) is 36.4 Å². The molecule has 1 aliphatic rings. The number of aromatic hydroxyl groups is 2. The Balaban J connectivity index is 1.49. The minimum absolute atomic E-state index is 0.166. The molecule has 1 fully saturated rings. The maximum Gasteiger partial charge on any atom is 0.157 e. The first-order valence-corrected chi connectivity index (χ1v) is 8.30. The Hall–Kier alpha value is -2.08. The highest BCUT2D eigenvalue weighted by Crippen LogP contribution is 2.28. The lowest BCUT2D eigenvalue weighted by Gasteiger charge is -2.35. The van der Waals surface area contributed by atoms with Gasteiger partial charge in [0.05, 0.1) is 6.10 Å². The summed E-state index contributed by atoms with van der Waals surface area (Å²) in [4.78, 5) is 4.65. The first-order valence-electron chi connectivity index (χ1n) is 8.30. The van der Waals surface area contributed by atoms with E-state index in [1.807, 2.05) is 6.07 Å². The van der Waals surface area contributed by atoms with E-state index in [2.05, 4.69) is 34.1 Å². The number of aliphatic hydroxyl groups is 1. The molecule has 2 aromatic rings. The summed E-state index contributed by atoms with van der Waals surface area (Å²) in [6, 6.07) is 14.9. The van der Waals surface area contributed by atoms with E-state index in [-0.39, 0.29) is 11.5 Å². The van der Waals surface area contributed by atoms with Crippen LogP contribution in [0.5, 0.6) is 11.5 Å². The molecule has 0 amide bonds. The molecule has 0 bridgehead atoms. The van der Waals surface area contributed by atoms with Crippen LogP contribution in [0.2, 0.25) is 0 Å². The summed E-state index contributed by atoms with van der Waals surface area (Å²) in [5, 5.41) is 29.2. The number of piperazine rings is 1. The smallest absolute Gasteiger partial charge is 0.157 e. The van der Waals surface area contributed by atoms with Gasteiger partial charge >= 0.3 is 0 Å². The zero-order chi connectivity index (χ0) is 16.9. The SMILES string of the molecule is Oc1ccc(C(O)CN2CCN(Cc3ccccc3)CC2)cc1O. The summed E-state index contributed by atoms with van der Waals surface area (Å²) < 4.78 is 0. The van der Waals surface area contributed by atoms with Gasteiger partial charge in [-0.3, -0.25) is 9.80 Å². The molecular formula is C19H24N2O3. The first-order chi connectivity index (χ1) is 11.6. The Morgan fingerprint density at radius 1 is 0.833 bits per heavy atom. The summed E-state index contributed by atoms with van der Waals surface area (Å²) in [6.07, 6.45) is -0.669. The molecule has 0 spiro atoms. The fourth-order valence-corrected chi connectivity index (χ4v) is 3.07. The van der Waals surface area contributed by atoms with Crippen molar-refractivity contribution in [1.29, 1.82) is 0 Å². The van der Waals surface area contributed by atoms with Crippen molar-refractivity contribution in [2.45, 2.75) is 12.6 Å². The van der Waals surface area contributed by atoms with Crippen molar-refractivity contribution in [2.75, 3.05) is 32.7 Å². The second-order valence-electron chi connectivity index (χ2n) is 6.33. The van der Waals surface area contributed by atoms with Gasteiger partial charge in [0.2, 0.25) is 0 Å². The number of hydrogen-bond acceptors (Lipinski definition) is 5. The van der Waals surface area contributed by atoms with Crippen LogP contribution in [-0.4, -0.2) is 57.8 Å². The maximum absolute atomic E-state index is 10.3. The van der Waals surface area contributed by atoms with Crippen molar-refractivity contribution >= 4 is 0 Å². The molecule has 0 radical (unpaired) electrons. The van der Waals surface area contributed by atoms with Crippen LogP contribution in [0.15, 0.2) is 48.5 Å². The van der Waals surface area contributed by atoms with Crippen molar-refractivity contribution in [2.24, 2.45) is 0 Å².